The molecule has 1 saturated heterocycles. The molecule has 0 aromatic carbocycles. The highest BCUT2D eigenvalue weighted by Gasteiger charge is 2.29. The summed E-state index contributed by atoms with van der Waals surface area (Å²) in [6, 6.07) is 2.89. The third-order valence-corrected chi connectivity index (χ3v) is 5.67. The molecule has 1 aliphatic heterocycles. The number of alkyl halides is 2. The van der Waals surface area contributed by atoms with Gasteiger partial charge in [-0.1, -0.05) is 0 Å². The summed E-state index contributed by atoms with van der Waals surface area (Å²) in [6.07, 6.45) is 7.81. The first kappa shape index (κ1) is 19.3. The largest absolute Gasteiger partial charge is 0.397 e. The van der Waals surface area contributed by atoms with Crippen molar-refractivity contribution >= 4 is 11.4 Å². The van der Waals surface area contributed by atoms with Crippen molar-refractivity contribution < 1.29 is 13.5 Å². The van der Waals surface area contributed by atoms with Crippen LogP contribution in [0, 0.1) is 5.92 Å². The number of ether oxygens (including phenoxy) is 1. The number of piperidine rings is 1. The number of rotatable bonds is 7. The highest BCUT2D eigenvalue weighted by Crippen LogP contribution is 2.30. The van der Waals surface area contributed by atoms with Crippen LogP contribution in [0.4, 0.5) is 20.2 Å². The third kappa shape index (κ3) is 5.51. The lowest BCUT2D eigenvalue weighted by Crippen LogP contribution is -2.46. The van der Waals surface area contributed by atoms with Crippen LogP contribution in [0.1, 0.15) is 38.5 Å². The van der Waals surface area contributed by atoms with Crippen LogP contribution in [-0.2, 0) is 4.74 Å². The second-order valence-electron chi connectivity index (χ2n) is 7.52. The van der Waals surface area contributed by atoms with Gasteiger partial charge >= 0.3 is 0 Å². The molecule has 1 aromatic rings. The van der Waals surface area contributed by atoms with Crippen LogP contribution in [0.3, 0.4) is 0 Å². The summed E-state index contributed by atoms with van der Waals surface area (Å²) in [5, 5.41) is 3.52. The van der Waals surface area contributed by atoms with E-state index in [4.69, 9.17) is 10.5 Å². The quantitative estimate of drug-likeness (QED) is 0.772. The number of likely N-dealkylation sites (tertiary alicyclic amines) is 1. The summed E-state index contributed by atoms with van der Waals surface area (Å²) in [7, 11) is 0. The first-order chi connectivity index (χ1) is 12.6. The van der Waals surface area contributed by atoms with E-state index in [2.05, 4.69) is 15.2 Å². The molecule has 2 fully saturated rings. The average molecular weight is 368 g/mol. The van der Waals surface area contributed by atoms with Gasteiger partial charge in [-0.3, -0.25) is 4.98 Å². The van der Waals surface area contributed by atoms with Crippen molar-refractivity contribution in [2.45, 2.75) is 57.0 Å². The molecular formula is C19H30F2N4O. The first-order valence-corrected chi connectivity index (χ1v) is 9.67. The molecule has 0 radical (unpaired) electrons. The number of nitrogens with one attached hydrogen (secondary N) is 1. The monoisotopic (exact) mass is 368 g/mol. The Kier molecular flexibility index (Phi) is 7.02. The molecule has 5 nitrogen and oxygen atoms in total. The van der Waals surface area contributed by atoms with Crippen LogP contribution in [-0.4, -0.2) is 54.7 Å². The van der Waals surface area contributed by atoms with Gasteiger partial charge in [0.1, 0.15) is 6.61 Å². The van der Waals surface area contributed by atoms with Gasteiger partial charge in [-0.2, -0.15) is 0 Å². The Morgan fingerprint density at radius 1 is 1.19 bits per heavy atom. The maximum Gasteiger partial charge on any atom is 0.261 e. The van der Waals surface area contributed by atoms with E-state index >= 15 is 0 Å². The fraction of sp³-hybridized carbons (Fsp3) is 0.737. The minimum atomic E-state index is -2.36. The van der Waals surface area contributed by atoms with Crippen molar-refractivity contribution in [3.63, 3.8) is 0 Å². The van der Waals surface area contributed by atoms with Crippen molar-refractivity contribution in [3.05, 3.63) is 18.5 Å². The fourth-order valence-corrected chi connectivity index (χ4v) is 4.16. The molecule has 1 aliphatic carbocycles. The standard InChI is InChI=1S/C19H30F2N4O/c20-19(21)13-26-12-14-1-3-16(4-2-14)25-9-6-15(7-10-25)24-18-11-23-8-5-17(18)22/h5,8,11,14-16,19,24H,1-4,6-7,9-10,12-13H2,(H2,22,23). The lowest BCUT2D eigenvalue weighted by atomic mass is 9.85. The maximum atomic E-state index is 12.1. The highest BCUT2D eigenvalue weighted by molar-refractivity contribution is 5.64. The second-order valence-corrected chi connectivity index (χ2v) is 7.52. The summed E-state index contributed by atoms with van der Waals surface area (Å²) < 4.78 is 29.4. The molecule has 0 unspecified atom stereocenters. The molecule has 2 heterocycles. The number of nitrogens with zero attached hydrogens (tertiary/aromatic N) is 2. The molecule has 1 aromatic heterocycles. The molecule has 0 amide bonds. The Labute approximate surface area is 154 Å². The summed E-state index contributed by atoms with van der Waals surface area (Å²) in [5.41, 5.74) is 7.65. The van der Waals surface area contributed by atoms with Crippen molar-refractivity contribution in [1.29, 1.82) is 0 Å². The molecule has 0 atom stereocenters. The summed E-state index contributed by atoms with van der Waals surface area (Å²) in [6.45, 7) is 2.24. The predicted molar refractivity (Wildman–Crippen MR) is 99.4 cm³/mol. The summed E-state index contributed by atoms with van der Waals surface area (Å²) >= 11 is 0. The Hall–Kier alpha value is -1.47. The van der Waals surface area contributed by atoms with Crippen LogP contribution >= 0.6 is 0 Å². The zero-order valence-corrected chi connectivity index (χ0v) is 15.2. The van der Waals surface area contributed by atoms with E-state index in [1.807, 2.05) is 6.07 Å². The average Bonchev–Trinajstić information content (AvgIpc) is 2.65. The normalized spacial score (nSPS) is 25.5. The van der Waals surface area contributed by atoms with E-state index in [0.717, 1.165) is 63.0 Å². The Bertz CT molecular complexity index is 544. The molecular weight excluding hydrogens is 338 g/mol. The number of hydrogen-bond acceptors (Lipinski definition) is 5. The molecule has 7 heteroatoms. The molecule has 3 N–H and O–H groups in total. The molecule has 146 valence electrons. The van der Waals surface area contributed by atoms with Gasteiger partial charge < -0.3 is 20.7 Å². The smallest absolute Gasteiger partial charge is 0.261 e. The van der Waals surface area contributed by atoms with Gasteiger partial charge in [0.15, 0.2) is 0 Å². The molecule has 1 saturated carbocycles. The predicted octanol–water partition coefficient (Wildman–Crippen LogP) is 3.38. The van der Waals surface area contributed by atoms with Crippen molar-refractivity contribution in [3.8, 4) is 0 Å². The number of anilines is 2. The Morgan fingerprint density at radius 3 is 2.58 bits per heavy atom. The minimum Gasteiger partial charge on any atom is -0.397 e. The molecule has 0 bridgehead atoms. The van der Waals surface area contributed by atoms with Gasteiger partial charge in [-0.05, 0) is 50.5 Å². The number of halogens is 2. The second kappa shape index (κ2) is 9.46. The minimum absolute atomic E-state index is 0.429. The number of hydrogen-bond donors (Lipinski definition) is 2. The van der Waals surface area contributed by atoms with Crippen LogP contribution in [0.25, 0.3) is 0 Å². The lowest BCUT2D eigenvalue weighted by molar-refractivity contribution is -0.00600. The molecule has 2 aliphatic rings. The van der Waals surface area contributed by atoms with E-state index in [1.165, 1.54) is 0 Å². The van der Waals surface area contributed by atoms with Gasteiger partial charge in [-0.25, -0.2) is 8.78 Å². The topological polar surface area (TPSA) is 63.4 Å². The van der Waals surface area contributed by atoms with Crippen LogP contribution in [0.5, 0.6) is 0 Å². The van der Waals surface area contributed by atoms with Gasteiger partial charge in [0.25, 0.3) is 6.43 Å². The van der Waals surface area contributed by atoms with Crippen molar-refractivity contribution in [1.82, 2.24) is 9.88 Å². The van der Waals surface area contributed by atoms with Gasteiger partial charge in [-0.15, -0.1) is 0 Å². The fourth-order valence-electron chi connectivity index (χ4n) is 4.16. The first-order valence-electron chi connectivity index (χ1n) is 9.67. The SMILES string of the molecule is Nc1ccncc1NC1CCN(C2CCC(COCC(F)F)CC2)CC1. The van der Waals surface area contributed by atoms with E-state index in [1.54, 1.807) is 12.4 Å². The van der Waals surface area contributed by atoms with Crippen LogP contribution in [0.15, 0.2) is 18.5 Å². The number of nitrogens with two attached hydrogens (primary N) is 1. The van der Waals surface area contributed by atoms with Gasteiger partial charge in [0.05, 0.1) is 17.6 Å². The van der Waals surface area contributed by atoms with E-state index in [-0.39, 0.29) is 0 Å². The number of pyridine rings is 1. The zero-order valence-electron chi connectivity index (χ0n) is 15.2. The molecule has 26 heavy (non-hydrogen) atoms. The summed E-state index contributed by atoms with van der Waals surface area (Å²) in [4.78, 5) is 6.73. The van der Waals surface area contributed by atoms with Crippen molar-refractivity contribution in [2.75, 3.05) is 37.4 Å². The molecule has 3 rings (SSSR count). The van der Waals surface area contributed by atoms with E-state index in [9.17, 15) is 8.78 Å². The maximum absolute atomic E-state index is 12.1. The third-order valence-electron chi connectivity index (χ3n) is 5.67. The Balaban J connectivity index is 1.36. The Morgan fingerprint density at radius 2 is 1.92 bits per heavy atom. The summed E-state index contributed by atoms with van der Waals surface area (Å²) in [5.74, 6) is 0.442. The van der Waals surface area contributed by atoms with Gasteiger partial charge in [0.2, 0.25) is 0 Å². The number of nitrogen functional groups attached to an aromatic ring is 1. The van der Waals surface area contributed by atoms with Gasteiger partial charge in [0, 0.05) is 38.0 Å². The zero-order chi connectivity index (χ0) is 18.4. The highest BCUT2D eigenvalue weighted by atomic mass is 19.3. The molecule has 0 spiro atoms. The number of aromatic nitrogens is 1. The van der Waals surface area contributed by atoms with E-state index < -0.39 is 13.0 Å². The van der Waals surface area contributed by atoms with Crippen LogP contribution in [0.2, 0.25) is 0 Å². The van der Waals surface area contributed by atoms with E-state index in [0.29, 0.717) is 24.6 Å². The van der Waals surface area contributed by atoms with Crippen molar-refractivity contribution in [2.24, 2.45) is 5.92 Å². The van der Waals surface area contributed by atoms with Crippen LogP contribution < -0.4 is 11.1 Å². The lowest BCUT2D eigenvalue weighted by Gasteiger charge is -2.41.